The number of Topliss-reactive ketones (excluding diaryl/α,β-unsaturated/α-hetero) is 1. The van der Waals surface area contributed by atoms with Gasteiger partial charge in [-0.15, -0.1) is 0 Å². The van der Waals surface area contributed by atoms with Gasteiger partial charge in [-0.3, -0.25) is 4.79 Å². The molecule has 0 aromatic heterocycles. The molecule has 2 N–H and O–H groups in total. The molecule has 100 valence electrons. The molecule has 1 atom stereocenters. The monoisotopic (exact) mass is 250 g/mol. The van der Waals surface area contributed by atoms with Gasteiger partial charge in [0.15, 0.2) is 5.78 Å². The number of aliphatic hydroxyl groups excluding tert-OH is 1. The van der Waals surface area contributed by atoms with Crippen molar-refractivity contribution >= 4 is 11.5 Å². The Morgan fingerprint density at radius 2 is 2.00 bits per heavy atom. The predicted molar refractivity (Wildman–Crippen MR) is 74.3 cm³/mol. The summed E-state index contributed by atoms with van der Waals surface area (Å²) in [7, 11) is 1.77. The number of nitrogens with one attached hydrogen (secondary N) is 1. The lowest BCUT2D eigenvalue weighted by Crippen LogP contribution is -2.30. The van der Waals surface area contributed by atoms with Gasteiger partial charge in [0, 0.05) is 24.3 Å². The Balaban J connectivity index is 2.82. The van der Waals surface area contributed by atoms with E-state index in [1.165, 1.54) is 0 Å². The van der Waals surface area contributed by atoms with Crippen LogP contribution in [-0.4, -0.2) is 43.7 Å². The third-order valence-corrected chi connectivity index (χ3v) is 3.09. The smallest absolute Gasteiger partial charge is 0.179 e. The van der Waals surface area contributed by atoms with E-state index < -0.39 is 0 Å². The second kappa shape index (κ2) is 7.13. The molecule has 0 spiro atoms. The fraction of sp³-hybridized carbons (Fsp3) is 0.500. The Morgan fingerprint density at radius 1 is 1.39 bits per heavy atom. The summed E-state index contributed by atoms with van der Waals surface area (Å²) < 4.78 is 0. The number of carbonyl (C=O) groups excluding carboxylic acids is 1. The summed E-state index contributed by atoms with van der Waals surface area (Å²) in [5, 5.41) is 11.9. The zero-order valence-electron chi connectivity index (χ0n) is 11.3. The topological polar surface area (TPSA) is 52.6 Å². The molecule has 0 aliphatic carbocycles. The molecule has 1 aromatic rings. The number of hydrogen-bond acceptors (Lipinski definition) is 4. The van der Waals surface area contributed by atoms with Crippen LogP contribution >= 0.6 is 0 Å². The van der Waals surface area contributed by atoms with Crippen LogP contribution in [0.1, 0.15) is 24.2 Å². The zero-order chi connectivity index (χ0) is 13.5. The Labute approximate surface area is 109 Å². The first-order valence-electron chi connectivity index (χ1n) is 6.31. The number of carbonyl (C=O) groups is 1. The van der Waals surface area contributed by atoms with Crippen LogP contribution in [0, 0.1) is 0 Å². The Morgan fingerprint density at radius 3 is 2.44 bits per heavy atom. The summed E-state index contributed by atoms with van der Waals surface area (Å²) in [5.74, 6) is 0.0919. The quantitative estimate of drug-likeness (QED) is 0.716. The number of hydrogen-bond donors (Lipinski definition) is 2. The highest BCUT2D eigenvalue weighted by atomic mass is 16.3. The first-order chi connectivity index (χ1) is 8.63. The van der Waals surface area contributed by atoms with Crippen LogP contribution in [0.5, 0.6) is 0 Å². The molecule has 0 amide bonds. The number of anilines is 1. The van der Waals surface area contributed by atoms with Crippen LogP contribution in [-0.2, 0) is 0 Å². The molecule has 4 heteroatoms. The summed E-state index contributed by atoms with van der Waals surface area (Å²) in [6.07, 6.45) is 0. The molecule has 4 nitrogen and oxygen atoms in total. The van der Waals surface area contributed by atoms with E-state index >= 15 is 0 Å². The number of likely N-dealkylation sites (N-methyl/N-ethyl adjacent to an activating group) is 2. The fourth-order valence-corrected chi connectivity index (χ4v) is 1.81. The molecule has 0 saturated carbocycles. The molecule has 0 fully saturated rings. The van der Waals surface area contributed by atoms with Gasteiger partial charge in [0.05, 0.1) is 12.6 Å². The van der Waals surface area contributed by atoms with Crippen molar-refractivity contribution in [2.24, 2.45) is 0 Å². The SMILES string of the molecule is CCN(CCO)c1ccc(C(=O)C(C)NC)cc1. The minimum absolute atomic E-state index is 0.0919. The van der Waals surface area contributed by atoms with Gasteiger partial charge in [0.1, 0.15) is 0 Å². The number of nitrogens with zero attached hydrogens (tertiary/aromatic N) is 1. The molecule has 18 heavy (non-hydrogen) atoms. The lowest BCUT2D eigenvalue weighted by molar-refractivity contribution is 0.0955. The minimum Gasteiger partial charge on any atom is -0.395 e. The van der Waals surface area contributed by atoms with Crippen molar-refractivity contribution in [2.45, 2.75) is 19.9 Å². The molecule has 0 aliphatic heterocycles. The molecular weight excluding hydrogens is 228 g/mol. The maximum absolute atomic E-state index is 11.9. The molecule has 1 rings (SSSR count). The number of ketones is 1. The molecule has 1 aromatic carbocycles. The van der Waals surface area contributed by atoms with Gasteiger partial charge in [0.2, 0.25) is 0 Å². The Kier molecular flexibility index (Phi) is 5.82. The lowest BCUT2D eigenvalue weighted by atomic mass is 10.1. The van der Waals surface area contributed by atoms with Crippen LogP contribution in [0.2, 0.25) is 0 Å². The van der Waals surface area contributed by atoms with Crippen LogP contribution in [0.3, 0.4) is 0 Å². The Hall–Kier alpha value is -1.39. The van der Waals surface area contributed by atoms with Crippen LogP contribution in [0.15, 0.2) is 24.3 Å². The average molecular weight is 250 g/mol. The highest BCUT2D eigenvalue weighted by Gasteiger charge is 2.13. The second-order valence-corrected chi connectivity index (χ2v) is 4.22. The highest BCUT2D eigenvalue weighted by molar-refractivity contribution is 6.00. The van der Waals surface area contributed by atoms with E-state index in [0.29, 0.717) is 12.1 Å². The Bertz CT molecular complexity index is 376. The van der Waals surface area contributed by atoms with Crippen molar-refractivity contribution in [1.82, 2.24) is 5.32 Å². The van der Waals surface area contributed by atoms with Gasteiger partial charge in [0.25, 0.3) is 0 Å². The van der Waals surface area contributed by atoms with E-state index in [4.69, 9.17) is 5.11 Å². The average Bonchev–Trinajstić information content (AvgIpc) is 2.43. The van der Waals surface area contributed by atoms with Gasteiger partial charge < -0.3 is 15.3 Å². The molecular formula is C14H22N2O2. The first-order valence-corrected chi connectivity index (χ1v) is 6.31. The molecule has 0 heterocycles. The zero-order valence-corrected chi connectivity index (χ0v) is 11.3. The maximum atomic E-state index is 11.9. The maximum Gasteiger partial charge on any atom is 0.179 e. The molecule has 0 saturated heterocycles. The third-order valence-electron chi connectivity index (χ3n) is 3.09. The largest absolute Gasteiger partial charge is 0.395 e. The van der Waals surface area contributed by atoms with Crippen LogP contribution < -0.4 is 10.2 Å². The number of benzene rings is 1. The number of rotatable bonds is 7. The van der Waals surface area contributed by atoms with Crippen molar-refractivity contribution in [1.29, 1.82) is 0 Å². The lowest BCUT2D eigenvalue weighted by Gasteiger charge is -2.22. The summed E-state index contributed by atoms with van der Waals surface area (Å²) in [6, 6.07) is 7.36. The third kappa shape index (κ3) is 3.55. The van der Waals surface area contributed by atoms with E-state index in [1.807, 2.05) is 38.1 Å². The molecule has 1 unspecified atom stereocenters. The van der Waals surface area contributed by atoms with E-state index in [9.17, 15) is 4.79 Å². The van der Waals surface area contributed by atoms with E-state index in [2.05, 4.69) is 10.2 Å². The molecule has 0 aliphatic rings. The second-order valence-electron chi connectivity index (χ2n) is 4.22. The van der Waals surface area contributed by atoms with Crippen LogP contribution in [0.25, 0.3) is 0 Å². The van der Waals surface area contributed by atoms with Gasteiger partial charge in [-0.05, 0) is 45.2 Å². The standard InChI is InChI=1S/C14H22N2O2/c1-4-16(9-10-17)13-7-5-12(6-8-13)14(18)11(2)15-3/h5-8,11,15,17H,4,9-10H2,1-3H3. The van der Waals surface area contributed by atoms with Gasteiger partial charge in [-0.25, -0.2) is 0 Å². The van der Waals surface area contributed by atoms with Crippen molar-refractivity contribution < 1.29 is 9.90 Å². The van der Waals surface area contributed by atoms with Gasteiger partial charge >= 0.3 is 0 Å². The normalized spacial score (nSPS) is 12.2. The van der Waals surface area contributed by atoms with E-state index in [-0.39, 0.29) is 18.4 Å². The molecule has 0 bridgehead atoms. The van der Waals surface area contributed by atoms with Crippen molar-refractivity contribution in [3.8, 4) is 0 Å². The van der Waals surface area contributed by atoms with E-state index in [1.54, 1.807) is 7.05 Å². The summed E-state index contributed by atoms with van der Waals surface area (Å²) >= 11 is 0. The van der Waals surface area contributed by atoms with Crippen LogP contribution in [0.4, 0.5) is 5.69 Å². The first kappa shape index (κ1) is 14.7. The minimum atomic E-state index is -0.171. The fourth-order valence-electron chi connectivity index (χ4n) is 1.81. The van der Waals surface area contributed by atoms with Gasteiger partial charge in [-0.1, -0.05) is 0 Å². The van der Waals surface area contributed by atoms with Crippen molar-refractivity contribution in [3.05, 3.63) is 29.8 Å². The molecule has 0 radical (unpaired) electrons. The number of aliphatic hydroxyl groups is 1. The van der Waals surface area contributed by atoms with E-state index in [0.717, 1.165) is 12.2 Å². The predicted octanol–water partition coefficient (Wildman–Crippen LogP) is 1.30. The summed E-state index contributed by atoms with van der Waals surface area (Å²) in [5.41, 5.74) is 1.74. The summed E-state index contributed by atoms with van der Waals surface area (Å²) in [4.78, 5) is 14.0. The highest BCUT2D eigenvalue weighted by Crippen LogP contribution is 2.15. The summed E-state index contributed by atoms with van der Waals surface area (Å²) in [6.45, 7) is 5.46. The van der Waals surface area contributed by atoms with Crippen molar-refractivity contribution in [2.75, 3.05) is 31.6 Å². The van der Waals surface area contributed by atoms with Gasteiger partial charge in [-0.2, -0.15) is 0 Å². The van der Waals surface area contributed by atoms with Crippen molar-refractivity contribution in [3.63, 3.8) is 0 Å².